The molecule has 0 radical (unpaired) electrons. The summed E-state index contributed by atoms with van der Waals surface area (Å²) in [5.74, 6) is -0.607. The van der Waals surface area contributed by atoms with E-state index in [0.29, 0.717) is 40.5 Å². The van der Waals surface area contributed by atoms with Gasteiger partial charge in [0.2, 0.25) is 11.8 Å². The van der Waals surface area contributed by atoms with Gasteiger partial charge in [-0.25, -0.2) is 0 Å². The summed E-state index contributed by atoms with van der Waals surface area (Å²) in [6.45, 7) is 0.922. The Kier molecular flexibility index (Phi) is 4.36. The second-order valence-corrected chi connectivity index (χ2v) is 8.72. The number of aromatic nitrogens is 5. The average molecular weight is 429 g/mol. The molecule has 0 spiro atoms. The number of nitrogens with zero attached hydrogens (tertiary/aromatic N) is 5. The highest BCUT2D eigenvalue weighted by Gasteiger charge is 2.34. The zero-order chi connectivity index (χ0) is 20.1. The van der Waals surface area contributed by atoms with Crippen LogP contribution < -0.4 is 11.1 Å². The summed E-state index contributed by atoms with van der Waals surface area (Å²) in [5, 5.41) is 22.2. The molecule has 148 valence electrons. The number of rotatable bonds is 3. The van der Waals surface area contributed by atoms with E-state index in [1.165, 1.54) is 38.9 Å². The van der Waals surface area contributed by atoms with Crippen LogP contribution in [0.15, 0.2) is 44.4 Å². The first-order valence-corrected chi connectivity index (χ1v) is 10.9. The molecule has 0 bridgehead atoms. The van der Waals surface area contributed by atoms with Crippen molar-refractivity contribution < 1.29 is 10.2 Å². The molecule has 3 aromatic rings. The molecule has 2 aliphatic rings. The van der Waals surface area contributed by atoms with E-state index in [2.05, 4.69) is 15.0 Å². The lowest BCUT2D eigenvalue weighted by Gasteiger charge is -2.20. The van der Waals surface area contributed by atoms with Crippen molar-refractivity contribution in [3.8, 4) is 11.8 Å². The number of thioether (sulfide) groups is 2. The third-order valence-corrected chi connectivity index (χ3v) is 6.90. The first kappa shape index (κ1) is 18.3. The van der Waals surface area contributed by atoms with E-state index in [4.69, 9.17) is 0 Å². The molecule has 5 heterocycles. The molecular formula is C18H15N5O4S2. The average Bonchev–Trinajstić information content (AvgIpc) is 3.36. The van der Waals surface area contributed by atoms with Gasteiger partial charge in [0.15, 0.2) is 10.3 Å². The minimum Gasteiger partial charge on any atom is -0.493 e. The van der Waals surface area contributed by atoms with E-state index in [1.54, 1.807) is 18.3 Å². The van der Waals surface area contributed by atoms with Crippen molar-refractivity contribution in [1.82, 2.24) is 24.1 Å². The van der Waals surface area contributed by atoms with Crippen molar-refractivity contribution in [3.05, 3.63) is 61.9 Å². The highest BCUT2D eigenvalue weighted by atomic mass is 32.2. The maximum atomic E-state index is 13.2. The van der Waals surface area contributed by atoms with Crippen LogP contribution >= 0.6 is 23.5 Å². The van der Waals surface area contributed by atoms with E-state index < -0.39 is 28.8 Å². The fourth-order valence-electron chi connectivity index (χ4n) is 3.68. The monoisotopic (exact) mass is 429 g/mol. The molecule has 0 aliphatic carbocycles. The van der Waals surface area contributed by atoms with E-state index in [0.717, 1.165) is 0 Å². The molecule has 0 fully saturated rings. The summed E-state index contributed by atoms with van der Waals surface area (Å²) in [4.78, 5) is 38.9. The number of hydrogen-bond acceptors (Lipinski definition) is 9. The summed E-state index contributed by atoms with van der Waals surface area (Å²) < 4.78 is 2.96. The molecule has 0 amide bonds. The van der Waals surface area contributed by atoms with Gasteiger partial charge in [-0.3, -0.25) is 23.7 Å². The lowest BCUT2D eigenvalue weighted by Crippen LogP contribution is -2.32. The minimum absolute atomic E-state index is 0.0651. The van der Waals surface area contributed by atoms with Crippen LogP contribution in [0, 0.1) is 0 Å². The maximum Gasteiger partial charge on any atom is 0.262 e. The quantitative estimate of drug-likeness (QED) is 0.587. The largest absolute Gasteiger partial charge is 0.493 e. The van der Waals surface area contributed by atoms with Gasteiger partial charge in [-0.15, -0.1) is 0 Å². The van der Waals surface area contributed by atoms with Gasteiger partial charge in [-0.2, -0.15) is 9.97 Å². The van der Waals surface area contributed by atoms with E-state index in [-0.39, 0.29) is 11.1 Å². The second kappa shape index (κ2) is 6.92. The first-order valence-electron chi connectivity index (χ1n) is 8.89. The van der Waals surface area contributed by atoms with Crippen molar-refractivity contribution in [3.63, 3.8) is 0 Å². The highest BCUT2D eigenvalue weighted by Crippen LogP contribution is 2.38. The zero-order valence-corrected chi connectivity index (χ0v) is 16.6. The van der Waals surface area contributed by atoms with Gasteiger partial charge in [0.05, 0.1) is 17.0 Å². The second-order valence-electron chi connectivity index (χ2n) is 6.59. The molecule has 2 N–H and O–H groups in total. The summed E-state index contributed by atoms with van der Waals surface area (Å²) in [6.07, 6.45) is 3.07. The molecule has 11 heteroatoms. The standard InChI is InChI=1S/C18H15N5O4S2/c24-13-11(15(26)22-4-6-28-17(22)20-13)10(9-2-1-3-19-8-9)12-14(25)21-18-23(16(12)27)5-7-29-18/h1-3,8,10,24-25H,4-7H2. The van der Waals surface area contributed by atoms with Crippen LogP contribution in [0.1, 0.15) is 22.6 Å². The topological polar surface area (TPSA) is 123 Å². The van der Waals surface area contributed by atoms with E-state index in [1.807, 2.05) is 0 Å². The van der Waals surface area contributed by atoms with Crippen LogP contribution in [0.3, 0.4) is 0 Å². The molecule has 0 unspecified atom stereocenters. The summed E-state index contributed by atoms with van der Waals surface area (Å²) in [7, 11) is 0. The van der Waals surface area contributed by atoms with Crippen LogP contribution in [-0.4, -0.2) is 45.8 Å². The predicted octanol–water partition coefficient (Wildman–Crippen LogP) is 0.998. The third kappa shape index (κ3) is 2.84. The molecule has 9 nitrogen and oxygen atoms in total. The third-order valence-electron chi connectivity index (χ3n) is 4.99. The van der Waals surface area contributed by atoms with Crippen LogP contribution in [-0.2, 0) is 13.1 Å². The van der Waals surface area contributed by atoms with E-state index >= 15 is 0 Å². The van der Waals surface area contributed by atoms with Gasteiger partial charge in [0.25, 0.3) is 11.1 Å². The molecule has 3 aromatic heterocycles. The van der Waals surface area contributed by atoms with E-state index in [9.17, 15) is 19.8 Å². The van der Waals surface area contributed by atoms with Crippen LogP contribution in [0.25, 0.3) is 0 Å². The molecule has 0 saturated heterocycles. The van der Waals surface area contributed by atoms with Gasteiger partial charge in [-0.05, 0) is 11.6 Å². The Balaban J connectivity index is 1.83. The molecule has 5 rings (SSSR count). The number of aromatic hydroxyl groups is 2. The Hall–Kier alpha value is -2.79. The lowest BCUT2D eigenvalue weighted by atomic mass is 9.87. The molecule has 29 heavy (non-hydrogen) atoms. The van der Waals surface area contributed by atoms with Crippen LogP contribution in [0.4, 0.5) is 0 Å². The van der Waals surface area contributed by atoms with Gasteiger partial charge in [0.1, 0.15) is 0 Å². The van der Waals surface area contributed by atoms with Gasteiger partial charge in [0, 0.05) is 37.0 Å². The van der Waals surface area contributed by atoms with Gasteiger partial charge in [-0.1, -0.05) is 29.6 Å². The van der Waals surface area contributed by atoms with Crippen molar-refractivity contribution in [1.29, 1.82) is 0 Å². The van der Waals surface area contributed by atoms with Crippen molar-refractivity contribution >= 4 is 23.5 Å². The Labute approximate surface area is 172 Å². The van der Waals surface area contributed by atoms with Gasteiger partial charge < -0.3 is 10.2 Å². The molecular weight excluding hydrogens is 414 g/mol. The van der Waals surface area contributed by atoms with Gasteiger partial charge >= 0.3 is 0 Å². The summed E-state index contributed by atoms with van der Waals surface area (Å²) >= 11 is 2.76. The molecule has 0 aromatic carbocycles. The minimum atomic E-state index is -1.05. The Morgan fingerprint density at radius 2 is 1.48 bits per heavy atom. The summed E-state index contributed by atoms with van der Waals surface area (Å²) in [6, 6.07) is 3.35. The maximum absolute atomic E-state index is 13.2. The van der Waals surface area contributed by atoms with Crippen LogP contribution in [0.5, 0.6) is 11.8 Å². The zero-order valence-electron chi connectivity index (χ0n) is 15.0. The predicted molar refractivity (Wildman–Crippen MR) is 107 cm³/mol. The number of fused-ring (bicyclic) bond motifs is 2. The Morgan fingerprint density at radius 3 is 1.97 bits per heavy atom. The van der Waals surface area contributed by atoms with Crippen molar-refractivity contribution in [2.24, 2.45) is 0 Å². The SMILES string of the molecule is O=c1c(C(c2cccnc2)c2c(O)nc3n(c2=O)CCS3)c(O)nc2n1CCS2. The lowest BCUT2D eigenvalue weighted by molar-refractivity contribution is 0.414. The molecule has 0 saturated carbocycles. The van der Waals surface area contributed by atoms with Crippen molar-refractivity contribution in [2.45, 2.75) is 29.3 Å². The number of hydrogen-bond donors (Lipinski definition) is 2. The fourth-order valence-corrected chi connectivity index (χ4v) is 5.55. The first-order chi connectivity index (χ1) is 14.1. The molecule has 0 atom stereocenters. The summed E-state index contributed by atoms with van der Waals surface area (Å²) in [5.41, 5.74) is -0.530. The molecule has 2 aliphatic heterocycles. The highest BCUT2D eigenvalue weighted by molar-refractivity contribution is 7.99. The van der Waals surface area contributed by atoms with Crippen LogP contribution in [0.2, 0.25) is 0 Å². The van der Waals surface area contributed by atoms with Crippen molar-refractivity contribution in [2.75, 3.05) is 11.5 Å². The number of pyridine rings is 1. The smallest absolute Gasteiger partial charge is 0.262 e. The normalized spacial score (nSPS) is 14.9. The Bertz CT molecular complexity index is 1160. The fraction of sp³-hybridized carbons (Fsp3) is 0.278. The Morgan fingerprint density at radius 1 is 0.931 bits per heavy atom.